The molecule has 9 nitrogen and oxygen atoms in total. The summed E-state index contributed by atoms with van der Waals surface area (Å²) in [6, 6.07) is 18.5. The van der Waals surface area contributed by atoms with Crippen LogP contribution in [0.2, 0.25) is 0 Å². The van der Waals surface area contributed by atoms with Gasteiger partial charge in [0.15, 0.2) is 11.6 Å². The van der Waals surface area contributed by atoms with Gasteiger partial charge in [-0.2, -0.15) is 0 Å². The molecule has 0 aliphatic carbocycles. The maximum absolute atomic E-state index is 14.5. The number of rotatable bonds is 13. The first-order chi connectivity index (χ1) is 21.8. The number of halogens is 1. The first kappa shape index (κ1) is 33.9. The smallest absolute Gasteiger partial charge is 0.328 e. The summed E-state index contributed by atoms with van der Waals surface area (Å²) in [7, 11) is 1.31. The van der Waals surface area contributed by atoms with Gasteiger partial charge in [0.25, 0.3) is 5.91 Å². The van der Waals surface area contributed by atoms with E-state index in [-0.39, 0.29) is 30.2 Å². The van der Waals surface area contributed by atoms with Crippen LogP contribution in [0.4, 0.5) is 9.18 Å². The lowest BCUT2D eigenvalue weighted by molar-refractivity contribution is -0.140. The number of carboxylic acids is 1. The maximum Gasteiger partial charge on any atom is 0.328 e. The molecule has 46 heavy (non-hydrogen) atoms. The van der Waals surface area contributed by atoms with Crippen molar-refractivity contribution in [2.45, 2.75) is 64.7 Å². The fraction of sp³-hybridized carbons (Fsp3) is 0.333. The Kier molecular flexibility index (Phi) is 10.6. The van der Waals surface area contributed by atoms with Gasteiger partial charge in [-0.05, 0) is 60.6 Å². The maximum atomic E-state index is 14.5. The minimum atomic E-state index is -1.25. The number of carbonyl (C=O) groups excluding carboxylic acids is 3. The molecule has 2 N–H and O–H groups in total. The van der Waals surface area contributed by atoms with Crippen LogP contribution in [0.5, 0.6) is 5.75 Å². The largest absolute Gasteiger partial charge is 0.494 e. The highest BCUT2D eigenvalue weighted by Crippen LogP contribution is 2.33. The second-order valence-electron chi connectivity index (χ2n) is 12.3. The van der Waals surface area contributed by atoms with E-state index in [0.717, 1.165) is 27.7 Å². The van der Waals surface area contributed by atoms with Gasteiger partial charge in [0.1, 0.15) is 11.6 Å². The number of hydrogen-bond donors (Lipinski definition) is 2. The van der Waals surface area contributed by atoms with Gasteiger partial charge >= 0.3 is 12.0 Å². The monoisotopic (exact) mass is 629 g/mol. The van der Waals surface area contributed by atoms with Crippen LogP contribution in [0, 0.1) is 11.7 Å². The molecule has 4 amide bonds. The van der Waals surface area contributed by atoms with Crippen molar-refractivity contribution in [1.29, 1.82) is 0 Å². The predicted octanol–water partition coefficient (Wildman–Crippen LogP) is 6.29. The van der Waals surface area contributed by atoms with E-state index in [2.05, 4.69) is 5.32 Å². The SMILES string of the molecule is COc1ccc(C(CC(=O)O)NC(=O)[C@H](CC(C)C)N2C(=O)N(Cc3ccc(/C=C/c4ccccc4)cc3)C(C)(C)C2=O)cc1F. The lowest BCUT2D eigenvalue weighted by Gasteiger charge is -2.29. The Bertz CT molecular complexity index is 1600. The van der Waals surface area contributed by atoms with Gasteiger partial charge in [0.05, 0.1) is 19.6 Å². The second kappa shape index (κ2) is 14.4. The molecule has 0 radical (unpaired) electrons. The average Bonchev–Trinajstić information content (AvgIpc) is 3.18. The zero-order valence-corrected chi connectivity index (χ0v) is 26.7. The number of benzene rings is 3. The van der Waals surface area contributed by atoms with Gasteiger partial charge in [0, 0.05) is 6.54 Å². The van der Waals surface area contributed by atoms with E-state index in [0.29, 0.717) is 0 Å². The molecule has 1 saturated heterocycles. The fourth-order valence-electron chi connectivity index (χ4n) is 5.45. The number of ether oxygens (including phenoxy) is 1. The van der Waals surface area contributed by atoms with Crippen molar-refractivity contribution in [3.63, 3.8) is 0 Å². The molecule has 10 heteroatoms. The van der Waals surface area contributed by atoms with E-state index in [1.165, 1.54) is 24.1 Å². The molecule has 0 spiro atoms. The zero-order valence-electron chi connectivity index (χ0n) is 26.7. The van der Waals surface area contributed by atoms with Gasteiger partial charge in [-0.15, -0.1) is 0 Å². The summed E-state index contributed by atoms with van der Waals surface area (Å²) in [6.45, 7) is 7.13. The Balaban J connectivity index is 1.56. The minimum Gasteiger partial charge on any atom is -0.494 e. The molecule has 242 valence electrons. The number of urea groups is 1. The highest BCUT2D eigenvalue weighted by molar-refractivity contribution is 6.09. The first-order valence-corrected chi connectivity index (χ1v) is 15.1. The van der Waals surface area contributed by atoms with Crippen LogP contribution in [-0.4, -0.2) is 57.4 Å². The van der Waals surface area contributed by atoms with Gasteiger partial charge in [-0.25, -0.2) is 14.1 Å². The molecule has 2 atom stereocenters. The van der Waals surface area contributed by atoms with E-state index in [1.807, 2.05) is 80.6 Å². The van der Waals surface area contributed by atoms with Crippen molar-refractivity contribution in [2.75, 3.05) is 7.11 Å². The number of carboxylic acid groups (broad SMARTS) is 1. The lowest BCUT2D eigenvalue weighted by atomic mass is 9.97. The minimum absolute atomic E-state index is 0.0318. The number of amides is 4. The normalized spacial score (nSPS) is 15.8. The summed E-state index contributed by atoms with van der Waals surface area (Å²) in [5, 5.41) is 12.2. The lowest BCUT2D eigenvalue weighted by Crippen LogP contribution is -2.52. The van der Waals surface area contributed by atoms with E-state index in [9.17, 15) is 28.7 Å². The molecule has 1 fully saturated rings. The number of nitrogens with zero attached hydrogens (tertiary/aromatic N) is 2. The van der Waals surface area contributed by atoms with Gasteiger partial charge in [0.2, 0.25) is 5.91 Å². The molecule has 4 rings (SSSR count). The predicted molar refractivity (Wildman–Crippen MR) is 173 cm³/mol. The number of hydrogen-bond acceptors (Lipinski definition) is 5. The Labute approximate surface area is 268 Å². The van der Waals surface area contributed by atoms with Crippen molar-refractivity contribution in [3.8, 4) is 5.75 Å². The number of aliphatic carboxylic acids is 1. The van der Waals surface area contributed by atoms with Crippen LogP contribution in [-0.2, 0) is 20.9 Å². The van der Waals surface area contributed by atoms with Crippen LogP contribution in [0.15, 0.2) is 72.8 Å². The van der Waals surface area contributed by atoms with Crippen molar-refractivity contribution in [2.24, 2.45) is 5.92 Å². The highest BCUT2D eigenvalue weighted by Gasteiger charge is 2.54. The van der Waals surface area contributed by atoms with E-state index < -0.39 is 53.7 Å². The Morgan fingerprint density at radius 1 is 0.978 bits per heavy atom. The highest BCUT2D eigenvalue weighted by atomic mass is 19.1. The van der Waals surface area contributed by atoms with Crippen LogP contribution in [0.3, 0.4) is 0 Å². The van der Waals surface area contributed by atoms with Crippen molar-refractivity contribution in [3.05, 3.63) is 101 Å². The Morgan fingerprint density at radius 3 is 2.17 bits per heavy atom. The van der Waals surface area contributed by atoms with Crippen molar-refractivity contribution in [1.82, 2.24) is 15.1 Å². The van der Waals surface area contributed by atoms with Crippen LogP contribution < -0.4 is 10.1 Å². The van der Waals surface area contributed by atoms with Gasteiger partial charge in [-0.1, -0.05) is 86.7 Å². The van der Waals surface area contributed by atoms with Gasteiger partial charge < -0.3 is 20.1 Å². The topological polar surface area (TPSA) is 116 Å². The molecule has 1 aliphatic heterocycles. The quantitative estimate of drug-likeness (QED) is 0.170. The van der Waals surface area contributed by atoms with Crippen LogP contribution >= 0.6 is 0 Å². The Hall–Kier alpha value is -4.99. The summed E-state index contributed by atoms with van der Waals surface area (Å²) in [5.41, 5.74) is 1.80. The first-order valence-electron chi connectivity index (χ1n) is 15.1. The molecule has 1 heterocycles. The van der Waals surface area contributed by atoms with E-state index in [4.69, 9.17) is 4.74 Å². The number of imide groups is 1. The zero-order chi connectivity index (χ0) is 33.6. The number of carbonyl (C=O) groups is 4. The molecule has 3 aromatic rings. The van der Waals surface area contributed by atoms with Crippen molar-refractivity contribution < 1.29 is 33.4 Å². The standard InChI is InChI=1S/C36H40FN3O6/c1-23(2)19-30(33(43)38-29(21-32(41)42)27-17-18-31(46-5)28(37)20-27)40-34(44)36(3,4)39(35(40)45)22-26-15-13-25(14-16-26)12-11-24-9-7-6-8-10-24/h6-18,20,23,29-30H,19,21-22H2,1-5H3,(H,38,43)(H,41,42)/b12-11+/t29?,30-/m0/s1. The second-order valence-corrected chi connectivity index (χ2v) is 12.3. The summed E-state index contributed by atoms with van der Waals surface area (Å²) >= 11 is 0. The summed E-state index contributed by atoms with van der Waals surface area (Å²) in [6.07, 6.45) is 3.60. The molecular weight excluding hydrogens is 589 g/mol. The summed E-state index contributed by atoms with van der Waals surface area (Å²) in [5.74, 6) is -3.30. The van der Waals surface area contributed by atoms with Crippen LogP contribution in [0.25, 0.3) is 12.2 Å². The van der Waals surface area contributed by atoms with Crippen LogP contribution in [0.1, 0.15) is 68.8 Å². The Morgan fingerprint density at radius 2 is 1.61 bits per heavy atom. The number of nitrogens with one attached hydrogen (secondary N) is 1. The summed E-state index contributed by atoms with van der Waals surface area (Å²) in [4.78, 5) is 55.7. The fourth-order valence-corrected chi connectivity index (χ4v) is 5.45. The third kappa shape index (κ3) is 7.80. The third-order valence-electron chi connectivity index (χ3n) is 8.02. The molecule has 3 aromatic carbocycles. The molecule has 0 saturated carbocycles. The number of methoxy groups -OCH3 is 1. The third-order valence-corrected chi connectivity index (χ3v) is 8.02. The molecule has 0 bridgehead atoms. The van der Waals surface area contributed by atoms with E-state index >= 15 is 0 Å². The molecule has 1 aliphatic rings. The van der Waals surface area contributed by atoms with Gasteiger partial charge in [-0.3, -0.25) is 14.4 Å². The molecule has 1 unspecified atom stereocenters. The van der Waals surface area contributed by atoms with E-state index in [1.54, 1.807) is 13.8 Å². The summed E-state index contributed by atoms with van der Waals surface area (Å²) < 4.78 is 19.5. The average molecular weight is 630 g/mol. The van der Waals surface area contributed by atoms with Crippen molar-refractivity contribution >= 4 is 36.0 Å². The molecule has 0 aromatic heterocycles. The molecular formula is C36H40FN3O6.